The van der Waals surface area contributed by atoms with Crippen LogP contribution in [0.2, 0.25) is 0 Å². The average Bonchev–Trinajstić information content (AvgIpc) is 2.57. The van der Waals surface area contributed by atoms with Crippen molar-refractivity contribution in [2.24, 2.45) is 0 Å². The molecule has 1 heterocycles. The first-order valence-electron chi connectivity index (χ1n) is 7.45. The van der Waals surface area contributed by atoms with Crippen LogP contribution in [0.25, 0.3) is 0 Å². The number of hydrogen-bond acceptors (Lipinski definition) is 6. The molecule has 1 aliphatic rings. The van der Waals surface area contributed by atoms with Crippen molar-refractivity contribution in [3.8, 4) is 0 Å². The number of carbonyl (C=O) groups is 2. The standard InChI is InChI=1S/C15H19N3O5S/c1-11-8-12(18(21)22)2-3-13(11)16-14(19)9-24-10-15(20)17-4-6-23-7-5-17/h2-3,8H,4-7,9-10H2,1H3,(H,16,19). The zero-order chi connectivity index (χ0) is 17.5. The number of benzene rings is 1. The number of nitro groups is 1. The fourth-order valence-corrected chi connectivity index (χ4v) is 2.94. The molecular formula is C15H19N3O5S. The van der Waals surface area contributed by atoms with Gasteiger partial charge in [0.1, 0.15) is 0 Å². The highest BCUT2D eigenvalue weighted by molar-refractivity contribution is 8.00. The monoisotopic (exact) mass is 353 g/mol. The largest absolute Gasteiger partial charge is 0.378 e. The molecule has 0 saturated carbocycles. The number of hydrogen-bond donors (Lipinski definition) is 1. The van der Waals surface area contributed by atoms with Gasteiger partial charge in [-0.3, -0.25) is 19.7 Å². The van der Waals surface area contributed by atoms with Gasteiger partial charge in [-0.25, -0.2) is 0 Å². The van der Waals surface area contributed by atoms with Gasteiger partial charge in [0.15, 0.2) is 0 Å². The number of nitro benzene ring substituents is 1. The molecule has 1 aromatic carbocycles. The molecule has 9 heteroatoms. The lowest BCUT2D eigenvalue weighted by atomic mass is 10.2. The zero-order valence-corrected chi connectivity index (χ0v) is 14.1. The third-order valence-corrected chi connectivity index (χ3v) is 4.43. The zero-order valence-electron chi connectivity index (χ0n) is 13.3. The van der Waals surface area contributed by atoms with E-state index in [1.54, 1.807) is 11.8 Å². The first-order valence-corrected chi connectivity index (χ1v) is 8.61. The summed E-state index contributed by atoms with van der Waals surface area (Å²) in [5, 5.41) is 13.4. The minimum absolute atomic E-state index is 0.00242. The number of rotatable bonds is 6. The van der Waals surface area contributed by atoms with Crippen LogP contribution in [0, 0.1) is 17.0 Å². The number of nitrogens with one attached hydrogen (secondary N) is 1. The molecule has 1 aliphatic heterocycles. The Balaban J connectivity index is 1.77. The van der Waals surface area contributed by atoms with Gasteiger partial charge in [0, 0.05) is 30.9 Å². The van der Waals surface area contributed by atoms with E-state index in [1.807, 2.05) is 0 Å². The molecule has 130 valence electrons. The summed E-state index contributed by atoms with van der Waals surface area (Å²) in [7, 11) is 0. The van der Waals surface area contributed by atoms with Crippen LogP contribution in [0.1, 0.15) is 5.56 Å². The minimum atomic E-state index is -0.480. The van der Waals surface area contributed by atoms with Crippen molar-refractivity contribution in [1.29, 1.82) is 0 Å². The lowest BCUT2D eigenvalue weighted by molar-refractivity contribution is -0.384. The van der Waals surface area contributed by atoms with Crippen molar-refractivity contribution >= 4 is 35.0 Å². The SMILES string of the molecule is Cc1cc([N+](=O)[O-])ccc1NC(=O)CSCC(=O)N1CCOCC1. The molecule has 0 aromatic heterocycles. The number of carbonyl (C=O) groups excluding carboxylic acids is 2. The molecule has 0 bridgehead atoms. The van der Waals surface area contributed by atoms with E-state index >= 15 is 0 Å². The first-order chi connectivity index (χ1) is 11.5. The molecule has 0 spiro atoms. The van der Waals surface area contributed by atoms with E-state index in [2.05, 4.69) is 5.32 Å². The highest BCUT2D eigenvalue weighted by Crippen LogP contribution is 2.21. The Morgan fingerprint density at radius 1 is 1.33 bits per heavy atom. The Morgan fingerprint density at radius 2 is 2.04 bits per heavy atom. The van der Waals surface area contributed by atoms with Crippen LogP contribution < -0.4 is 5.32 Å². The van der Waals surface area contributed by atoms with Crippen molar-refractivity contribution in [3.63, 3.8) is 0 Å². The number of non-ortho nitro benzene ring substituents is 1. The predicted molar refractivity (Wildman–Crippen MR) is 91.2 cm³/mol. The molecule has 0 unspecified atom stereocenters. The number of aryl methyl sites for hydroxylation is 1. The van der Waals surface area contributed by atoms with Crippen molar-refractivity contribution in [2.45, 2.75) is 6.92 Å². The summed E-state index contributed by atoms with van der Waals surface area (Å²) in [6.45, 7) is 3.98. The van der Waals surface area contributed by atoms with Gasteiger partial charge < -0.3 is 15.0 Å². The molecule has 8 nitrogen and oxygen atoms in total. The summed E-state index contributed by atoms with van der Waals surface area (Å²) in [4.78, 5) is 35.8. The third kappa shape index (κ3) is 5.20. The second-order valence-electron chi connectivity index (χ2n) is 5.29. The van der Waals surface area contributed by atoms with E-state index < -0.39 is 4.92 Å². The molecule has 2 rings (SSSR count). The molecule has 24 heavy (non-hydrogen) atoms. The van der Waals surface area contributed by atoms with E-state index in [1.165, 1.54) is 30.0 Å². The molecule has 2 amide bonds. The Kier molecular flexibility index (Phi) is 6.56. The van der Waals surface area contributed by atoms with Gasteiger partial charge in [0.05, 0.1) is 29.6 Å². The Morgan fingerprint density at radius 3 is 2.67 bits per heavy atom. The number of anilines is 1. The maximum atomic E-state index is 11.9. The lowest BCUT2D eigenvalue weighted by Gasteiger charge is -2.26. The molecule has 0 radical (unpaired) electrons. The maximum absolute atomic E-state index is 11.9. The van der Waals surface area contributed by atoms with Crippen molar-refractivity contribution in [2.75, 3.05) is 43.1 Å². The van der Waals surface area contributed by atoms with Crippen LogP contribution >= 0.6 is 11.8 Å². The summed E-state index contributed by atoms with van der Waals surface area (Å²) in [5.74, 6) is 0.147. The van der Waals surface area contributed by atoms with Crippen molar-refractivity contribution in [3.05, 3.63) is 33.9 Å². The molecule has 0 aliphatic carbocycles. The lowest BCUT2D eigenvalue weighted by Crippen LogP contribution is -2.41. The fraction of sp³-hybridized carbons (Fsp3) is 0.467. The number of morpholine rings is 1. The second kappa shape index (κ2) is 8.65. The number of thioether (sulfide) groups is 1. The van der Waals surface area contributed by atoms with Gasteiger partial charge in [-0.15, -0.1) is 11.8 Å². The fourth-order valence-electron chi connectivity index (χ4n) is 2.22. The average molecular weight is 353 g/mol. The maximum Gasteiger partial charge on any atom is 0.269 e. The molecule has 1 saturated heterocycles. The van der Waals surface area contributed by atoms with E-state index in [-0.39, 0.29) is 29.0 Å². The smallest absolute Gasteiger partial charge is 0.269 e. The van der Waals surface area contributed by atoms with E-state index in [9.17, 15) is 19.7 Å². The summed E-state index contributed by atoms with van der Waals surface area (Å²) in [6, 6.07) is 4.26. The van der Waals surface area contributed by atoms with Crippen molar-refractivity contribution < 1.29 is 19.2 Å². The van der Waals surface area contributed by atoms with Gasteiger partial charge in [-0.05, 0) is 18.6 Å². The molecule has 1 fully saturated rings. The highest BCUT2D eigenvalue weighted by Gasteiger charge is 2.17. The third-order valence-electron chi connectivity index (χ3n) is 3.52. The topological polar surface area (TPSA) is 102 Å². The normalized spacial score (nSPS) is 14.3. The summed E-state index contributed by atoms with van der Waals surface area (Å²) >= 11 is 1.24. The Hall–Kier alpha value is -2.13. The Bertz CT molecular complexity index is 632. The van der Waals surface area contributed by atoms with Crippen LogP contribution in [0.15, 0.2) is 18.2 Å². The minimum Gasteiger partial charge on any atom is -0.378 e. The van der Waals surface area contributed by atoms with Gasteiger partial charge in [-0.1, -0.05) is 0 Å². The molecule has 1 aromatic rings. The van der Waals surface area contributed by atoms with E-state index in [0.29, 0.717) is 37.6 Å². The Labute approximate surface area is 143 Å². The number of nitrogens with zero attached hydrogens (tertiary/aromatic N) is 2. The van der Waals surface area contributed by atoms with Crippen LogP contribution in [-0.2, 0) is 14.3 Å². The first kappa shape index (κ1) is 18.2. The predicted octanol–water partition coefficient (Wildman–Crippen LogP) is 1.43. The molecule has 1 N–H and O–H groups in total. The summed E-state index contributed by atoms with van der Waals surface area (Å²) in [6.07, 6.45) is 0. The van der Waals surface area contributed by atoms with Crippen LogP contribution in [0.4, 0.5) is 11.4 Å². The molecule has 0 atom stereocenters. The van der Waals surface area contributed by atoms with Crippen molar-refractivity contribution in [1.82, 2.24) is 4.90 Å². The number of amides is 2. The summed E-state index contributed by atoms with van der Waals surface area (Å²) in [5.41, 5.74) is 1.13. The van der Waals surface area contributed by atoms with E-state index in [0.717, 1.165) is 0 Å². The highest BCUT2D eigenvalue weighted by atomic mass is 32.2. The van der Waals surface area contributed by atoms with Gasteiger partial charge >= 0.3 is 0 Å². The van der Waals surface area contributed by atoms with Crippen LogP contribution in [-0.4, -0.2) is 59.4 Å². The van der Waals surface area contributed by atoms with Gasteiger partial charge in [-0.2, -0.15) is 0 Å². The quantitative estimate of drug-likeness (QED) is 0.613. The van der Waals surface area contributed by atoms with Gasteiger partial charge in [0.25, 0.3) is 5.69 Å². The number of ether oxygens (including phenoxy) is 1. The van der Waals surface area contributed by atoms with Crippen LogP contribution in [0.3, 0.4) is 0 Å². The summed E-state index contributed by atoms with van der Waals surface area (Å²) < 4.78 is 5.19. The van der Waals surface area contributed by atoms with Gasteiger partial charge in [0.2, 0.25) is 11.8 Å². The van der Waals surface area contributed by atoms with Crippen LogP contribution in [0.5, 0.6) is 0 Å². The molecular weight excluding hydrogens is 334 g/mol. The second-order valence-corrected chi connectivity index (χ2v) is 6.28. The van der Waals surface area contributed by atoms with E-state index in [4.69, 9.17) is 4.74 Å².